The fraction of sp³-hybridized carbons (Fsp3) is 0.246. The van der Waals surface area contributed by atoms with Gasteiger partial charge in [0.1, 0.15) is 11.5 Å². The van der Waals surface area contributed by atoms with Crippen LogP contribution in [-0.2, 0) is 56.4 Å². The Morgan fingerprint density at radius 2 is 1.23 bits per heavy atom. The number of hydrogen-bond acceptors (Lipinski definition) is 14. The Balaban J connectivity index is 0.000000206. The first-order chi connectivity index (χ1) is 41.3. The molecule has 2 fully saturated rings. The molecule has 1 aromatic heterocycles. The number of methoxy groups -OCH3 is 2. The van der Waals surface area contributed by atoms with E-state index in [1.807, 2.05) is 67.6 Å². The van der Waals surface area contributed by atoms with Crippen LogP contribution in [0.1, 0.15) is 35.3 Å². The van der Waals surface area contributed by atoms with Gasteiger partial charge in [-0.3, -0.25) is 47.9 Å². The predicted octanol–water partition coefficient (Wildman–Crippen LogP) is 7.74. The van der Waals surface area contributed by atoms with Crippen LogP contribution in [0.2, 0.25) is 5.02 Å². The molecular formula is C61H60ClN9O14S. The number of fused-ring (bicyclic) bond motifs is 2. The van der Waals surface area contributed by atoms with Crippen molar-refractivity contribution in [3.63, 3.8) is 0 Å². The topological polar surface area (TPSA) is 265 Å². The number of benzene rings is 6. The quantitative estimate of drug-likeness (QED) is 0.0517. The van der Waals surface area contributed by atoms with Crippen LogP contribution in [0.15, 0.2) is 157 Å². The van der Waals surface area contributed by atoms with Gasteiger partial charge in [0, 0.05) is 44.1 Å². The number of hydrogen-bond donors (Lipinski definition) is 3. The summed E-state index contributed by atoms with van der Waals surface area (Å²) in [6, 6.07) is 34.7. The number of sulfonamides is 1. The summed E-state index contributed by atoms with van der Waals surface area (Å²) in [7, 11) is -0.126. The Hall–Kier alpha value is -9.62. The van der Waals surface area contributed by atoms with Gasteiger partial charge in [-0.25, -0.2) is 27.8 Å². The predicted molar refractivity (Wildman–Crippen MR) is 318 cm³/mol. The number of ether oxygens (including phenoxy) is 4. The first-order valence-corrected chi connectivity index (χ1v) is 28.9. The first-order valence-electron chi connectivity index (χ1n) is 27.0. The third kappa shape index (κ3) is 12.3. The smallest absolute Gasteiger partial charge is 0.330 e. The fourth-order valence-electron chi connectivity index (χ4n) is 10.1. The summed E-state index contributed by atoms with van der Waals surface area (Å²) in [5.74, 6) is -4.80. The number of nitrogens with one attached hydrogen (secondary N) is 3. The maximum absolute atomic E-state index is 14.1. The minimum absolute atomic E-state index is 0.0489. The molecule has 4 unspecified atom stereocenters. The number of rotatable bonds is 19. The molecule has 446 valence electrons. The van der Waals surface area contributed by atoms with E-state index < -0.39 is 82.1 Å². The van der Waals surface area contributed by atoms with E-state index in [4.69, 9.17) is 30.5 Å². The van der Waals surface area contributed by atoms with Crippen molar-refractivity contribution in [3.05, 3.63) is 174 Å². The minimum atomic E-state index is -4.21. The molecule has 0 bridgehead atoms. The summed E-state index contributed by atoms with van der Waals surface area (Å²) in [6.07, 6.45) is -0.611. The molecule has 9 amide bonds. The molecule has 0 spiro atoms. The molecule has 3 aliphatic heterocycles. The van der Waals surface area contributed by atoms with Crippen LogP contribution in [0.5, 0.6) is 11.5 Å². The zero-order chi connectivity index (χ0) is 61.6. The van der Waals surface area contributed by atoms with Crippen LogP contribution in [0.3, 0.4) is 0 Å². The van der Waals surface area contributed by atoms with Crippen molar-refractivity contribution >= 4 is 103 Å². The van der Waals surface area contributed by atoms with E-state index in [0.29, 0.717) is 38.9 Å². The summed E-state index contributed by atoms with van der Waals surface area (Å²) < 4.78 is 52.0. The number of aromatic nitrogens is 1. The summed E-state index contributed by atoms with van der Waals surface area (Å²) >= 11 is 6.13. The second-order valence-corrected chi connectivity index (χ2v) is 21.8. The van der Waals surface area contributed by atoms with Crippen molar-refractivity contribution in [1.82, 2.24) is 24.2 Å². The molecular weight excluding hydrogens is 1150 g/mol. The number of carbonyl (C=O) groups is 8. The molecule has 4 atom stereocenters. The second-order valence-electron chi connectivity index (χ2n) is 19.7. The number of amides is 9. The molecule has 3 aliphatic rings. The highest BCUT2D eigenvalue weighted by Gasteiger charge is 2.55. The molecule has 10 rings (SSSR count). The lowest BCUT2D eigenvalue weighted by Gasteiger charge is -2.28. The summed E-state index contributed by atoms with van der Waals surface area (Å²) in [5.41, 5.74) is 3.84. The van der Waals surface area contributed by atoms with E-state index in [2.05, 4.69) is 15.4 Å². The maximum atomic E-state index is 14.1. The first kappa shape index (κ1) is 61.0. The van der Waals surface area contributed by atoms with Crippen molar-refractivity contribution in [3.8, 4) is 11.5 Å². The lowest BCUT2D eigenvalue weighted by Crippen LogP contribution is -2.57. The van der Waals surface area contributed by atoms with E-state index in [1.54, 1.807) is 68.4 Å². The van der Waals surface area contributed by atoms with Gasteiger partial charge in [0.2, 0.25) is 12.5 Å². The molecule has 2 saturated heterocycles. The molecule has 0 saturated carbocycles. The average molecular weight is 1210 g/mol. The van der Waals surface area contributed by atoms with Gasteiger partial charge >= 0.3 is 12.1 Å². The molecule has 7 aromatic rings. The van der Waals surface area contributed by atoms with Crippen molar-refractivity contribution in [1.29, 1.82) is 0 Å². The molecule has 6 aromatic carbocycles. The Labute approximate surface area is 499 Å². The monoisotopic (exact) mass is 1210 g/mol. The summed E-state index contributed by atoms with van der Waals surface area (Å²) in [6.45, 7) is 5.67. The van der Waals surface area contributed by atoms with Gasteiger partial charge in [0.15, 0.2) is 12.1 Å². The van der Waals surface area contributed by atoms with Crippen molar-refractivity contribution in [2.45, 2.75) is 63.2 Å². The van der Waals surface area contributed by atoms with Gasteiger partial charge in [-0.15, -0.1) is 0 Å². The maximum Gasteiger partial charge on any atom is 0.330 e. The van der Waals surface area contributed by atoms with Gasteiger partial charge in [0.05, 0.1) is 53.3 Å². The van der Waals surface area contributed by atoms with E-state index in [1.165, 1.54) is 66.1 Å². The van der Waals surface area contributed by atoms with Gasteiger partial charge in [-0.05, 0) is 105 Å². The standard InChI is InChI=1S/C31H30N4O6.C30H30ClN5O8S/c1-4-41-30-29(38)35(31(39)34(30)19-21-10-6-5-7-11-21)26(27(36)32-23-18-20(2)14-15-25(23)40-3)28(37)33-17-16-22-12-8-9-13-24(22)33;1-4-44-29-28(39)36(30(40)34(29)2)25(27(38)35-16-15-18-9-5-8-12-23(18)35)26(37)32-22-17-19(13-14-24(22)43-3)45(41,42)33-21-11-7-6-10-20(21)31/h5-18,26,30H,4,19H2,1-3H3,(H,32,36);5-14,17,25,29,33H,4,15-16H2,1-3H3,(H,32,37). The number of carbonyl (C=O) groups excluding carboxylic acids is 8. The van der Waals surface area contributed by atoms with E-state index in [0.717, 1.165) is 33.0 Å². The Morgan fingerprint density at radius 1 is 0.651 bits per heavy atom. The highest BCUT2D eigenvalue weighted by Crippen LogP contribution is 2.35. The molecule has 0 radical (unpaired) electrons. The number of aryl methyl sites for hydroxylation is 1. The summed E-state index contributed by atoms with van der Waals surface area (Å²) in [4.78, 5) is 115. The number of likely N-dealkylation sites (N-methyl/N-ethyl adjacent to an activating group) is 1. The molecule has 3 N–H and O–H groups in total. The van der Waals surface area contributed by atoms with Crippen molar-refractivity contribution < 1.29 is 65.7 Å². The number of para-hydroxylation sites is 3. The highest BCUT2D eigenvalue weighted by molar-refractivity contribution is 7.92. The number of imide groups is 2. The fourth-order valence-corrected chi connectivity index (χ4v) is 11.5. The largest absolute Gasteiger partial charge is 0.495 e. The van der Waals surface area contributed by atoms with Crippen LogP contribution >= 0.6 is 11.6 Å². The van der Waals surface area contributed by atoms with E-state index in [-0.39, 0.29) is 53.3 Å². The minimum Gasteiger partial charge on any atom is -0.495 e. The van der Waals surface area contributed by atoms with Gasteiger partial charge < -0.3 is 34.5 Å². The van der Waals surface area contributed by atoms with Crippen LogP contribution < -0.4 is 29.7 Å². The molecule has 4 heterocycles. The van der Waals surface area contributed by atoms with Crippen LogP contribution in [0.4, 0.5) is 32.3 Å². The lowest BCUT2D eigenvalue weighted by molar-refractivity contribution is -0.147. The van der Waals surface area contributed by atoms with Crippen LogP contribution in [0.25, 0.3) is 10.9 Å². The summed E-state index contributed by atoms with van der Waals surface area (Å²) in [5, 5.41) is 6.17. The number of urea groups is 2. The second kappa shape index (κ2) is 26.1. The Bertz CT molecular complexity index is 3900. The van der Waals surface area contributed by atoms with Crippen molar-refractivity contribution in [2.75, 3.05) is 61.3 Å². The number of anilines is 4. The van der Waals surface area contributed by atoms with Gasteiger partial charge in [-0.2, -0.15) is 0 Å². The molecule has 23 nitrogen and oxygen atoms in total. The van der Waals surface area contributed by atoms with Gasteiger partial charge in [-0.1, -0.05) is 96.5 Å². The Kier molecular flexibility index (Phi) is 18.5. The van der Waals surface area contributed by atoms with E-state index in [9.17, 15) is 46.8 Å². The van der Waals surface area contributed by atoms with Crippen molar-refractivity contribution in [2.24, 2.45) is 0 Å². The zero-order valence-electron chi connectivity index (χ0n) is 47.5. The normalized spacial score (nSPS) is 16.4. The van der Waals surface area contributed by atoms with E-state index >= 15 is 0 Å². The Morgan fingerprint density at radius 3 is 1.92 bits per heavy atom. The lowest BCUT2D eigenvalue weighted by atomic mass is 10.1. The molecule has 25 heteroatoms. The zero-order valence-corrected chi connectivity index (χ0v) is 49.0. The molecule has 0 aliphatic carbocycles. The SMILES string of the molecule is CCOC1C(=O)N(C(C(=O)Nc2cc(C)ccc2OC)C(=O)n2ccc3ccccc32)C(=O)N1Cc1ccccc1.CCOC1C(=O)N(C(C(=O)Nc2cc(S(=O)(=O)Nc3ccccc3Cl)ccc2OC)C(=O)N2CCc3ccccc32)C(=O)N1C. The third-order valence-corrected chi connectivity index (χ3v) is 16.0. The number of halogens is 1. The third-order valence-electron chi connectivity index (χ3n) is 14.3. The van der Waals surface area contributed by atoms with Crippen LogP contribution in [-0.4, -0.2) is 146 Å². The number of nitrogens with zero attached hydrogens (tertiary/aromatic N) is 6. The van der Waals surface area contributed by atoms with Crippen LogP contribution in [0, 0.1) is 6.92 Å². The average Bonchev–Trinajstić information content (AvgIpc) is 1.86. The highest BCUT2D eigenvalue weighted by atomic mass is 35.5. The van der Waals surface area contributed by atoms with Gasteiger partial charge in [0.25, 0.3) is 45.5 Å². The molecule has 86 heavy (non-hydrogen) atoms.